The summed E-state index contributed by atoms with van der Waals surface area (Å²) in [6.45, 7) is 16.2. The van der Waals surface area contributed by atoms with Gasteiger partial charge < -0.3 is 5.32 Å². The van der Waals surface area contributed by atoms with Gasteiger partial charge in [0.05, 0.1) is 0 Å². The van der Waals surface area contributed by atoms with Crippen LogP contribution in [0.5, 0.6) is 0 Å². The highest BCUT2D eigenvalue weighted by molar-refractivity contribution is 4.86. The van der Waals surface area contributed by atoms with Crippen LogP contribution in [0.1, 0.15) is 74.1 Å². The lowest BCUT2D eigenvalue weighted by molar-refractivity contribution is 0.216. The molecule has 92 valence electrons. The van der Waals surface area contributed by atoms with Crippen LogP contribution in [0.25, 0.3) is 0 Å². The van der Waals surface area contributed by atoms with E-state index in [1.165, 1.54) is 25.7 Å². The lowest BCUT2D eigenvalue weighted by atomic mass is 9.81. The Balaban J connectivity index is 4.21. The van der Waals surface area contributed by atoms with Crippen molar-refractivity contribution in [2.75, 3.05) is 0 Å². The maximum Gasteiger partial charge on any atom is 0.0132 e. The minimum absolute atomic E-state index is 0.258. The fraction of sp³-hybridized carbons (Fsp3) is 1.00. The van der Waals surface area contributed by atoms with E-state index in [0.29, 0.717) is 11.5 Å². The van der Waals surface area contributed by atoms with Crippen LogP contribution in [0.4, 0.5) is 0 Å². The average molecular weight is 213 g/mol. The molecule has 1 unspecified atom stereocenters. The van der Waals surface area contributed by atoms with Crippen molar-refractivity contribution in [3.05, 3.63) is 0 Å². The second kappa shape index (κ2) is 5.89. The van der Waals surface area contributed by atoms with Gasteiger partial charge in [0.15, 0.2) is 0 Å². The number of rotatable bonds is 6. The second-order valence-electron chi connectivity index (χ2n) is 6.66. The van der Waals surface area contributed by atoms with Gasteiger partial charge in [-0.05, 0) is 38.5 Å². The summed E-state index contributed by atoms with van der Waals surface area (Å²) >= 11 is 0. The molecule has 0 saturated carbocycles. The third kappa shape index (κ3) is 7.84. The van der Waals surface area contributed by atoms with Crippen LogP contribution in [-0.2, 0) is 0 Å². The standard InChI is InChI=1S/C14H31N/c1-8-10-12(9-2)15-14(6,7)11-13(3,4)5/h12,15H,8-11H2,1-7H3. The molecular formula is C14H31N. The Labute approximate surface area is 97.0 Å². The fourth-order valence-corrected chi connectivity index (χ4v) is 2.66. The predicted octanol–water partition coefficient (Wildman–Crippen LogP) is 4.37. The van der Waals surface area contributed by atoms with E-state index in [0.717, 1.165) is 0 Å². The second-order valence-corrected chi connectivity index (χ2v) is 6.66. The van der Waals surface area contributed by atoms with Crippen LogP contribution in [-0.4, -0.2) is 11.6 Å². The van der Waals surface area contributed by atoms with Crippen molar-refractivity contribution < 1.29 is 0 Å². The minimum Gasteiger partial charge on any atom is -0.309 e. The molecule has 0 aliphatic heterocycles. The average Bonchev–Trinajstić information content (AvgIpc) is 1.98. The summed E-state index contributed by atoms with van der Waals surface area (Å²) in [5.41, 5.74) is 0.662. The van der Waals surface area contributed by atoms with Crippen LogP contribution >= 0.6 is 0 Å². The van der Waals surface area contributed by atoms with Crippen molar-refractivity contribution in [3.8, 4) is 0 Å². The first-order valence-corrected chi connectivity index (χ1v) is 6.48. The van der Waals surface area contributed by atoms with E-state index >= 15 is 0 Å². The van der Waals surface area contributed by atoms with Crippen molar-refractivity contribution in [2.45, 2.75) is 85.7 Å². The molecule has 0 spiro atoms. The Morgan fingerprint density at radius 1 is 1.00 bits per heavy atom. The SMILES string of the molecule is CCCC(CC)NC(C)(C)CC(C)(C)C. The quantitative estimate of drug-likeness (QED) is 0.691. The van der Waals surface area contributed by atoms with E-state index in [-0.39, 0.29) is 5.54 Å². The zero-order valence-electron chi connectivity index (χ0n) is 11.9. The van der Waals surface area contributed by atoms with Gasteiger partial charge in [0.1, 0.15) is 0 Å². The molecule has 1 heteroatoms. The highest BCUT2D eigenvalue weighted by Crippen LogP contribution is 2.27. The summed E-state index contributed by atoms with van der Waals surface area (Å²) in [5, 5.41) is 3.80. The van der Waals surface area contributed by atoms with Gasteiger partial charge in [-0.25, -0.2) is 0 Å². The molecule has 0 fully saturated rings. The minimum atomic E-state index is 0.258. The molecule has 0 aliphatic carbocycles. The zero-order valence-corrected chi connectivity index (χ0v) is 11.9. The summed E-state index contributed by atoms with van der Waals surface area (Å²) in [5.74, 6) is 0. The van der Waals surface area contributed by atoms with Gasteiger partial charge in [0, 0.05) is 11.6 Å². The van der Waals surface area contributed by atoms with E-state index in [2.05, 4.69) is 53.8 Å². The van der Waals surface area contributed by atoms with Gasteiger partial charge in [0.25, 0.3) is 0 Å². The van der Waals surface area contributed by atoms with E-state index in [1.54, 1.807) is 0 Å². The molecule has 0 aromatic heterocycles. The van der Waals surface area contributed by atoms with Gasteiger partial charge in [0.2, 0.25) is 0 Å². The third-order valence-electron chi connectivity index (χ3n) is 2.70. The van der Waals surface area contributed by atoms with E-state index in [9.17, 15) is 0 Å². The van der Waals surface area contributed by atoms with Crippen LogP contribution in [0.15, 0.2) is 0 Å². The Hall–Kier alpha value is -0.0400. The fourth-order valence-electron chi connectivity index (χ4n) is 2.66. The number of nitrogens with one attached hydrogen (secondary N) is 1. The monoisotopic (exact) mass is 213 g/mol. The van der Waals surface area contributed by atoms with E-state index < -0.39 is 0 Å². The Morgan fingerprint density at radius 2 is 1.53 bits per heavy atom. The van der Waals surface area contributed by atoms with Crippen LogP contribution in [0, 0.1) is 5.41 Å². The van der Waals surface area contributed by atoms with Gasteiger partial charge in [-0.2, -0.15) is 0 Å². The first kappa shape index (κ1) is 15.0. The maximum absolute atomic E-state index is 3.80. The number of hydrogen-bond donors (Lipinski definition) is 1. The molecule has 0 rings (SSSR count). The largest absolute Gasteiger partial charge is 0.309 e. The van der Waals surface area contributed by atoms with Crippen LogP contribution in [0.2, 0.25) is 0 Å². The molecule has 0 aromatic carbocycles. The Kier molecular flexibility index (Phi) is 5.87. The molecule has 1 N–H and O–H groups in total. The van der Waals surface area contributed by atoms with Crippen molar-refractivity contribution in [2.24, 2.45) is 5.41 Å². The van der Waals surface area contributed by atoms with Gasteiger partial charge in [-0.1, -0.05) is 41.0 Å². The van der Waals surface area contributed by atoms with E-state index in [4.69, 9.17) is 0 Å². The molecule has 0 bridgehead atoms. The topological polar surface area (TPSA) is 12.0 Å². The highest BCUT2D eigenvalue weighted by Gasteiger charge is 2.26. The zero-order chi connectivity index (χ0) is 12.1. The maximum atomic E-state index is 3.80. The van der Waals surface area contributed by atoms with Gasteiger partial charge in [-0.3, -0.25) is 0 Å². The molecular weight excluding hydrogens is 182 g/mol. The van der Waals surface area contributed by atoms with Gasteiger partial charge >= 0.3 is 0 Å². The predicted molar refractivity (Wildman–Crippen MR) is 70.3 cm³/mol. The third-order valence-corrected chi connectivity index (χ3v) is 2.70. The molecule has 1 nitrogen and oxygen atoms in total. The normalized spacial score (nSPS) is 15.4. The molecule has 0 aromatic rings. The van der Waals surface area contributed by atoms with Gasteiger partial charge in [-0.15, -0.1) is 0 Å². The molecule has 15 heavy (non-hydrogen) atoms. The Bertz CT molecular complexity index is 165. The first-order valence-electron chi connectivity index (χ1n) is 6.48. The van der Waals surface area contributed by atoms with Crippen molar-refractivity contribution in [1.29, 1.82) is 0 Å². The molecule has 1 atom stereocenters. The molecule has 0 aliphatic rings. The Morgan fingerprint density at radius 3 is 1.87 bits per heavy atom. The van der Waals surface area contributed by atoms with Crippen LogP contribution < -0.4 is 5.32 Å². The summed E-state index contributed by atoms with van der Waals surface area (Å²) in [4.78, 5) is 0. The lowest BCUT2D eigenvalue weighted by Crippen LogP contribution is -2.47. The lowest BCUT2D eigenvalue weighted by Gasteiger charge is -2.36. The first-order chi connectivity index (χ1) is 6.70. The highest BCUT2D eigenvalue weighted by atomic mass is 15.0. The summed E-state index contributed by atoms with van der Waals surface area (Å²) in [6.07, 6.45) is 5.03. The molecule has 0 heterocycles. The van der Waals surface area contributed by atoms with Crippen molar-refractivity contribution >= 4 is 0 Å². The molecule has 0 radical (unpaired) electrons. The summed E-state index contributed by atoms with van der Waals surface area (Å²) in [7, 11) is 0. The summed E-state index contributed by atoms with van der Waals surface area (Å²) in [6, 6.07) is 0.687. The number of hydrogen-bond acceptors (Lipinski definition) is 1. The molecule has 0 amide bonds. The molecule has 0 saturated heterocycles. The van der Waals surface area contributed by atoms with Crippen LogP contribution in [0.3, 0.4) is 0 Å². The smallest absolute Gasteiger partial charge is 0.0132 e. The van der Waals surface area contributed by atoms with E-state index in [1.807, 2.05) is 0 Å². The van der Waals surface area contributed by atoms with Crippen molar-refractivity contribution in [1.82, 2.24) is 5.32 Å². The van der Waals surface area contributed by atoms with Crippen molar-refractivity contribution in [3.63, 3.8) is 0 Å². The summed E-state index contributed by atoms with van der Waals surface area (Å²) < 4.78 is 0.